The second-order valence-corrected chi connectivity index (χ2v) is 3.72. The second-order valence-electron chi connectivity index (χ2n) is 3.45. The quantitative estimate of drug-likeness (QED) is 0.489. The number of hydrogen-bond donors (Lipinski definition) is 1. The molecule has 3 heteroatoms. The van der Waals surface area contributed by atoms with Gasteiger partial charge in [-0.05, 0) is 19.3 Å². The smallest absolute Gasteiger partial charge is 0.0591 e. The van der Waals surface area contributed by atoms with Gasteiger partial charge in [-0.2, -0.15) is 0 Å². The normalized spacial score (nSPS) is 19.5. The van der Waals surface area contributed by atoms with Crippen molar-refractivity contribution in [1.82, 2.24) is 5.32 Å². The Morgan fingerprint density at radius 3 is 2.67 bits per heavy atom. The van der Waals surface area contributed by atoms with Crippen LogP contribution in [0.15, 0.2) is 0 Å². The molecule has 1 N–H and O–H groups in total. The molecule has 0 amide bonds. The number of alkyl halides is 1. The molecule has 0 aromatic carbocycles. The van der Waals surface area contributed by atoms with Crippen molar-refractivity contribution in [2.75, 3.05) is 25.6 Å². The molecule has 0 bridgehead atoms. The number of halogens is 1. The van der Waals surface area contributed by atoms with E-state index in [1.165, 1.54) is 12.8 Å². The number of rotatable bonds is 7. The Morgan fingerprint density at radius 1 is 1.42 bits per heavy atom. The molecule has 1 aliphatic carbocycles. The molecule has 1 rings (SSSR count). The van der Waals surface area contributed by atoms with Crippen LogP contribution in [0.4, 0.5) is 0 Å². The molecule has 0 aromatic heterocycles. The van der Waals surface area contributed by atoms with E-state index in [0.717, 1.165) is 32.1 Å². The zero-order valence-corrected chi connectivity index (χ0v) is 8.49. The van der Waals surface area contributed by atoms with Crippen LogP contribution in [-0.4, -0.2) is 31.2 Å². The zero-order valence-electron chi connectivity index (χ0n) is 7.74. The molecule has 0 unspecified atom stereocenters. The summed E-state index contributed by atoms with van der Waals surface area (Å²) in [6, 6.07) is 0. The number of hydrogen-bond acceptors (Lipinski definition) is 2. The average molecular weight is 192 g/mol. The molecule has 0 atom stereocenters. The van der Waals surface area contributed by atoms with E-state index < -0.39 is 0 Å². The Kier molecular flexibility index (Phi) is 4.33. The van der Waals surface area contributed by atoms with Crippen molar-refractivity contribution in [2.24, 2.45) is 0 Å². The molecular weight excluding hydrogens is 174 g/mol. The highest BCUT2D eigenvalue weighted by Gasteiger charge is 2.40. The van der Waals surface area contributed by atoms with Crippen molar-refractivity contribution in [1.29, 1.82) is 0 Å². The lowest BCUT2D eigenvalue weighted by Gasteiger charge is -2.13. The van der Waals surface area contributed by atoms with Crippen LogP contribution in [0.5, 0.6) is 0 Å². The van der Waals surface area contributed by atoms with Crippen LogP contribution in [0.25, 0.3) is 0 Å². The Bertz CT molecular complexity index is 126. The molecule has 0 radical (unpaired) electrons. The molecular formula is C9H18ClNO. The third-order valence-electron chi connectivity index (χ3n) is 2.20. The van der Waals surface area contributed by atoms with E-state index in [0.29, 0.717) is 0 Å². The Balaban J connectivity index is 1.89. The molecule has 2 nitrogen and oxygen atoms in total. The van der Waals surface area contributed by atoms with Crippen LogP contribution >= 0.6 is 11.6 Å². The van der Waals surface area contributed by atoms with E-state index in [1.807, 2.05) is 0 Å². The van der Waals surface area contributed by atoms with Crippen LogP contribution in [0.2, 0.25) is 0 Å². The average Bonchev–Trinajstić information content (AvgIpc) is 2.85. The van der Waals surface area contributed by atoms with E-state index in [1.54, 1.807) is 0 Å². The van der Waals surface area contributed by atoms with Gasteiger partial charge in [0.15, 0.2) is 0 Å². The van der Waals surface area contributed by atoms with E-state index >= 15 is 0 Å². The minimum atomic E-state index is 0.275. The first-order valence-corrected chi connectivity index (χ1v) is 5.25. The van der Waals surface area contributed by atoms with Gasteiger partial charge in [-0.1, -0.05) is 6.92 Å². The van der Waals surface area contributed by atoms with Gasteiger partial charge in [0.2, 0.25) is 0 Å². The van der Waals surface area contributed by atoms with Gasteiger partial charge >= 0.3 is 0 Å². The van der Waals surface area contributed by atoms with Gasteiger partial charge in [-0.3, -0.25) is 0 Å². The van der Waals surface area contributed by atoms with Gasteiger partial charge in [0.1, 0.15) is 0 Å². The molecule has 1 fully saturated rings. The summed E-state index contributed by atoms with van der Waals surface area (Å²) < 4.78 is 5.34. The van der Waals surface area contributed by atoms with Crippen molar-refractivity contribution >= 4 is 11.6 Å². The van der Waals surface area contributed by atoms with Gasteiger partial charge in [0.05, 0.1) is 6.61 Å². The van der Waals surface area contributed by atoms with E-state index in [9.17, 15) is 0 Å². The van der Waals surface area contributed by atoms with Crippen LogP contribution in [-0.2, 0) is 4.74 Å². The van der Waals surface area contributed by atoms with Gasteiger partial charge in [-0.15, -0.1) is 11.6 Å². The first kappa shape index (κ1) is 10.3. The van der Waals surface area contributed by atoms with Crippen molar-refractivity contribution in [3.05, 3.63) is 0 Å². The van der Waals surface area contributed by atoms with Gasteiger partial charge in [0, 0.05) is 24.6 Å². The van der Waals surface area contributed by atoms with Gasteiger partial charge < -0.3 is 10.1 Å². The Hall–Kier alpha value is 0.210. The largest absolute Gasteiger partial charge is 0.380 e. The standard InChI is InChI=1S/C9H18ClNO/c1-2-6-12-7-5-11-9(8-10)3-4-9/h11H,2-8H2,1H3. The SMILES string of the molecule is CCCOCCNC1(CCl)CC1. The molecule has 0 saturated heterocycles. The lowest BCUT2D eigenvalue weighted by atomic mass is 10.3. The van der Waals surface area contributed by atoms with E-state index in [4.69, 9.17) is 16.3 Å². The third kappa shape index (κ3) is 3.30. The Labute approximate surface area is 79.6 Å². The van der Waals surface area contributed by atoms with Gasteiger partial charge in [-0.25, -0.2) is 0 Å². The summed E-state index contributed by atoms with van der Waals surface area (Å²) in [5.74, 6) is 0.737. The molecule has 1 saturated carbocycles. The summed E-state index contributed by atoms with van der Waals surface area (Å²) >= 11 is 5.79. The van der Waals surface area contributed by atoms with Crippen LogP contribution < -0.4 is 5.32 Å². The highest BCUT2D eigenvalue weighted by Crippen LogP contribution is 2.35. The number of nitrogens with one attached hydrogen (secondary N) is 1. The zero-order chi connectivity index (χ0) is 8.86. The first-order valence-electron chi connectivity index (χ1n) is 4.72. The summed E-state index contributed by atoms with van der Waals surface area (Å²) in [7, 11) is 0. The highest BCUT2D eigenvalue weighted by molar-refractivity contribution is 6.18. The van der Waals surface area contributed by atoms with Crippen molar-refractivity contribution in [2.45, 2.75) is 31.7 Å². The van der Waals surface area contributed by atoms with Crippen molar-refractivity contribution in [3.63, 3.8) is 0 Å². The fraction of sp³-hybridized carbons (Fsp3) is 1.00. The lowest BCUT2D eigenvalue weighted by molar-refractivity contribution is 0.134. The summed E-state index contributed by atoms with van der Waals surface area (Å²) in [4.78, 5) is 0. The third-order valence-corrected chi connectivity index (χ3v) is 2.72. The predicted octanol–water partition coefficient (Wildman–Crippen LogP) is 1.77. The maximum absolute atomic E-state index is 5.79. The monoisotopic (exact) mass is 191 g/mol. The fourth-order valence-electron chi connectivity index (χ4n) is 1.14. The molecule has 0 aromatic rings. The summed E-state index contributed by atoms with van der Waals surface area (Å²) in [6.07, 6.45) is 3.55. The van der Waals surface area contributed by atoms with Gasteiger partial charge in [0.25, 0.3) is 0 Å². The lowest BCUT2D eigenvalue weighted by Crippen LogP contribution is -2.35. The molecule has 72 valence electrons. The summed E-state index contributed by atoms with van der Waals surface area (Å²) in [5.41, 5.74) is 0.275. The predicted molar refractivity (Wildman–Crippen MR) is 51.8 cm³/mol. The topological polar surface area (TPSA) is 21.3 Å². The summed E-state index contributed by atoms with van der Waals surface area (Å²) in [6.45, 7) is 4.74. The van der Waals surface area contributed by atoms with Crippen LogP contribution in [0.1, 0.15) is 26.2 Å². The second kappa shape index (κ2) is 5.05. The van der Waals surface area contributed by atoms with Crippen LogP contribution in [0.3, 0.4) is 0 Å². The maximum Gasteiger partial charge on any atom is 0.0591 e. The molecule has 1 aliphatic rings. The van der Waals surface area contributed by atoms with Crippen molar-refractivity contribution in [3.8, 4) is 0 Å². The Morgan fingerprint density at radius 2 is 2.17 bits per heavy atom. The molecule has 0 aliphatic heterocycles. The first-order chi connectivity index (χ1) is 5.83. The minimum absolute atomic E-state index is 0.275. The van der Waals surface area contributed by atoms with Crippen molar-refractivity contribution < 1.29 is 4.74 Å². The van der Waals surface area contributed by atoms with E-state index in [2.05, 4.69) is 12.2 Å². The fourth-order valence-corrected chi connectivity index (χ4v) is 1.51. The summed E-state index contributed by atoms with van der Waals surface area (Å²) in [5, 5.41) is 3.42. The van der Waals surface area contributed by atoms with Crippen LogP contribution in [0, 0.1) is 0 Å². The van der Waals surface area contributed by atoms with E-state index in [-0.39, 0.29) is 5.54 Å². The maximum atomic E-state index is 5.79. The minimum Gasteiger partial charge on any atom is -0.380 e. The highest BCUT2D eigenvalue weighted by atomic mass is 35.5. The molecule has 12 heavy (non-hydrogen) atoms. The molecule has 0 heterocycles. The number of ether oxygens (including phenoxy) is 1. The molecule has 0 spiro atoms.